The summed E-state index contributed by atoms with van der Waals surface area (Å²) in [6, 6.07) is 116. The Morgan fingerprint density at radius 2 is 0.785 bits per heavy atom. The molecule has 0 amide bonds. The summed E-state index contributed by atoms with van der Waals surface area (Å²) < 4.78 is 2.40. The van der Waals surface area contributed by atoms with Gasteiger partial charge in [-0.2, -0.15) is 0 Å². The van der Waals surface area contributed by atoms with E-state index in [4.69, 9.17) is 0 Å². The Bertz CT molecular complexity index is 4510. The van der Waals surface area contributed by atoms with E-state index in [-0.39, 0.29) is 0 Å². The first-order chi connectivity index (χ1) is 39.2. The van der Waals surface area contributed by atoms with Crippen molar-refractivity contribution in [3.05, 3.63) is 338 Å². The zero-order chi connectivity index (χ0) is 52.3. The minimum absolute atomic E-state index is 0.481. The Balaban J connectivity index is 0.894. The molecule has 0 saturated heterocycles. The van der Waals surface area contributed by atoms with Gasteiger partial charge in [0.15, 0.2) is 0 Å². The molecule has 0 spiro atoms. The van der Waals surface area contributed by atoms with E-state index < -0.39 is 5.41 Å². The average molecular weight is 1010 g/mol. The number of hydrogen-bond donors (Lipinski definition) is 0. The van der Waals surface area contributed by atoms with Crippen LogP contribution in [0, 0.1) is 0 Å². The van der Waals surface area contributed by atoms with Crippen molar-refractivity contribution in [2.75, 3.05) is 4.90 Å². The fourth-order valence-corrected chi connectivity index (χ4v) is 13.1. The van der Waals surface area contributed by atoms with Crippen molar-refractivity contribution >= 4 is 49.6 Å². The minimum atomic E-state index is -0.481. The number of aromatic nitrogens is 1. The Labute approximate surface area is 461 Å². The molecule has 2 heteroatoms. The van der Waals surface area contributed by atoms with E-state index in [0.29, 0.717) is 0 Å². The Kier molecular flexibility index (Phi) is 11.1. The van der Waals surface area contributed by atoms with Crippen molar-refractivity contribution in [1.29, 1.82) is 0 Å². The number of rotatable bonds is 10. The molecule has 13 aromatic carbocycles. The van der Waals surface area contributed by atoms with E-state index in [1.54, 1.807) is 0 Å². The number of anilines is 3. The van der Waals surface area contributed by atoms with E-state index in [0.717, 1.165) is 33.9 Å². The third kappa shape index (κ3) is 7.48. The highest BCUT2D eigenvalue weighted by molar-refractivity contribution is 6.11. The number of hydrogen-bond acceptors (Lipinski definition) is 1. The molecule has 1 heterocycles. The van der Waals surface area contributed by atoms with Gasteiger partial charge in [0, 0.05) is 33.4 Å². The van der Waals surface area contributed by atoms with Crippen molar-refractivity contribution in [3.63, 3.8) is 0 Å². The van der Waals surface area contributed by atoms with E-state index in [9.17, 15) is 0 Å². The second-order valence-corrected chi connectivity index (χ2v) is 20.7. The molecule has 0 saturated carbocycles. The van der Waals surface area contributed by atoms with Crippen LogP contribution < -0.4 is 4.90 Å². The lowest BCUT2D eigenvalue weighted by Gasteiger charge is -2.34. The lowest BCUT2D eigenvalue weighted by Crippen LogP contribution is -2.28. The summed E-state index contributed by atoms with van der Waals surface area (Å²) in [7, 11) is 0. The smallest absolute Gasteiger partial charge is 0.0713 e. The van der Waals surface area contributed by atoms with E-state index in [2.05, 4.69) is 325 Å². The van der Waals surface area contributed by atoms with Crippen LogP contribution >= 0.6 is 0 Å². The van der Waals surface area contributed by atoms with Gasteiger partial charge in [0.25, 0.3) is 0 Å². The lowest BCUT2D eigenvalue weighted by molar-refractivity contribution is 0.768. The fraction of sp³-hybridized carbons (Fsp3) is 0.0130. The largest absolute Gasteiger partial charge is 0.310 e. The fourth-order valence-electron chi connectivity index (χ4n) is 13.1. The van der Waals surface area contributed by atoms with Gasteiger partial charge in [0.05, 0.1) is 22.1 Å². The second kappa shape index (κ2) is 19.1. The first-order valence-corrected chi connectivity index (χ1v) is 27.3. The quantitative estimate of drug-likeness (QED) is 0.133. The molecule has 0 radical (unpaired) electrons. The number of fused-ring (bicyclic) bond motifs is 7. The van der Waals surface area contributed by atoms with E-state index in [1.807, 2.05) is 0 Å². The zero-order valence-corrected chi connectivity index (χ0v) is 43.4. The molecule has 0 unspecified atom stereocenters. The van der Waals surface area contributed by atoms with Crippen LogP contribution in [0.5, 0.6) is 0 Å². The molecule has 0 aliphatic heterocycles. The maximum atomic E-state index is 2.45. The van der Waals surface area contributed by atoms with Crippen molar-refractivity contribution in [3.8, 4) is 61.3 Å². The molecule has 0 N–H and O–H groups in total. The van der Waals surface area contributed by atoms with Crippen molar-refractivity contribution < 1.29 is 0 Å². The lowest BCUT2D eigenvalue weighted by atomic mass is 9.67. The second-order valence-electron chi connectivity index (χ2n) is 20.7. The van der Waals surface area contributed by atoms with Crippen LogP contribution in [0.4, 0.5) is 17.1 Å². The van der Waals surface area contributed by atoms with Gasteiger partial charge in [0.1, 0.15) is 0 Å². The van der Waals surface area contributed by atoms with Gasteiger partial charge in [0.2, 0.25) is 0 Å². The number of para-hydroxylation sites is 3. The average Bonchev–Trinajstić information content (AvgIpc) is 4.00. The van der Waals surface area contributed by atoms with Crippen LogP contribution in [0.3, 0.4) is 0 Å². The molecule has 0 bridgehead atoms. The summed E-state index contributed by atoms with van der Waals surface area (Å²) in [5, 5.41) is 4.93. The Hall–Kier alpha value is -10.3. The van der Waals surface area contributed by atoms with Gasteiger partial charge in [-0.05, 0) is 138 Å². The van der Waals surface area contributed by atoms with Crippen molar-refractivity contribution in [2.24, 2.45) is 0 Å². The highest BCUT2D eigenvalue weighted by atomic mass is 15.1. The predicted molar refractivity (Wildman–Crippen MR) is 332 cm³/mol. The Morgan fingerprint density at radius 3 is 1.49 bits per heavy atom. The summed E-state index contributed by atoms with van der Waals surface area (Å²) in [6.07, 6.45) is 0. The van der Waals surface area contributed by atoms with Gasteiger partial charge in [-0.1, -0.05) is 261 Å². The molecule has 370 valence electrons. The van der Waals surface area contributed by atoms with Gasteiger partial charge in [-0.3, -0.25) is 0 Å². The van der Waals surface area contributed by atoms with Gasteiger partial charge < -0.3 is 9.47 Å². The van der Waals surface area contributed by atoms with Crippen LogP contribution in [0.1, 0.15) is 22.3 Å². The predicted octanol–water partition coefficient (Wildman–Crippen LogP) is 20.4. The summed E-state index contributed by atoms with van der Waals surface area (Å²) >= 11 is 0. The van der Waals surface area contributed by atoms with E-state index in [1.165, 1.54) is 99.3 Å². The zero-order valence-electron chi connectivity index (χ0n) is 43.4. The maximum Gasteiger partial charge on any atom is 0.0713 e. The Morgan fingerprint density at radius 1 is 0.291 bits per heavy atom. The molecule has 1 aliphatic rings. The summed E-state index contributed by atoms with van der Waals surface area (Å²) in [5.74, 6) is 0. The molecule has 0 fully saturated rings. The third-order valence-corrected chi connectivity index (χ3v) is 16.5. The third-order valence-electron chi connectivity index (χ3n) is 16.5. The van der Waals surface area contributed by atoms with Crippen LogP contribution in [-0.2, 0) is 5.41 Å². The SMILES string of the molecule is c1ccc(-c2cccc3cccc(-c4ccccc4N(c4ccc(-c5ccc6c7ccccc7n(-c7ccccc7)c6c5)cc4)c4ccc(-c5cccc6c5-c5ccccc5C6(c5ccccc5)c5ccccc5)cc4)c23)cc1. The first kappa shape index (κ1) is 46.1. The highest BCUT2D eigenvalue weighted by Crippen LogP contribution is 2.58. The topological polar surface area (TPSA) is 8.17 Å². The van der Waals surface area contributed by atoms with Crippen LogP contribution in [-0.4, -0.2) is 4.57 Å². The molecule has 1 aliphatic carbocycles. The van der Waals surface area contributed by atoms with Crippen LogP contribution in [0.15, 0.2) is 315 Å². The minimum Gasteiger partial charge on any atom is -0.310 e. The molecule has 1 aromatic heterocycles. The van der Waals surface area contributed by atoms with Crippen LogP contribution in [0.25, 0.3) is 93.9 Å². The standard InChI is InChI=1S/C77H52N2/c1-5-22-54(23-6-1)63-35-19-24-56-25-20-37-68(75(56)63)66-33-15-17-40-72(66)78(61-47-42-53(43-48-61)57-46-51-67-65-32-14-18-41-73(65)79(74(67)52-57)60-30-11-4-12-31-60)62-49-44-55(45-50-62)64-36-21-39-71-76(64)69-34-13-16-38-70(69)77(71,58-26-7-2-8-27-58)59-28-9-3-10-29-59/h1-52H. The molecule has 14 aromatic rings. The van der Waals surface area contributed by atoms with Gasteiger partial charge >= 0.3 is 0 Å². The normalized spacial score (nSPS) is 12.4. The first-order valence-electron chi connectivity index (χ1n) is 27.3. The maximum absolute atomic E-state index is 2.45. The number of benzene rings is 13. The van der Waals surface area contributed by atoms with Crippen molar-refractivity contribution in [2.45, 2.75) is 5.41 Å². The summed E-state index contributed by atoms with van der Waals surface area (Å²) in [6.45, 7) is 0. The van der Waals surface area contributed by atoms with Gasteiger partial charge in [-0.25, -0.2) is 0 Å². The number of nitrogens with zero attached hydrogens (tertiary/aromatic N) is 2. The summed E-state index contributed by atoms with van der Waals surface area (Å²) in [4.78, 5) is 2.45. The molecule has 0 atom stereocenters. The molecule has 15 rings (SSSR count). The summed E-state index contributed by atoms with van der Waals surface area (Å²) in [5.41, 5.74) is 23.4. The molecular formula is C77H52N2. The molecule has 79 heavy (non-hydrogen) atoms. The van der Waals surface area contributed by atoms with Crippen molar-refractivity contribution in [1.82, 2.24) is 4.57 Å². The molecule has 2 nitrogen and oxygen atoms in total. The monoisotopic (exact) mass is 1000 g/mol. The van der Waals surface area contributed by atoms with Crippen LogP contribution in [0.2, 0.25) is 0 Å². The van der Waals surface area contributed by atoms with E-state index >= 15 is 0 Å². The van der Waals surface area contributed by atoms with Gasteiger partial charge in [-0.15, -0.1) is 0 Å². The molecular weight excluding hydrogens is 953 g/mol. The highest BCUT2D eigenvalue weighted by Gasteiger charge is 2.46.